The number of likely N-dealkylation sites (tertiary alicyclic amines) is 1. The zero-order valence-corrected chi connectivity index (χ0v) is 23.2. The van der Waals surface area contributed by atoms with Crippen LogP contribution >= 0.6 is 0 Å². The van der Waals surface area contributed by atoms with Crippen LogP contribution in [0.15, 0.2) is 42.5 Å². The second-order valence-corrected chi connectivity index (χ2v) is 14.6. The summed E-state index contributed by atoms with van der Waals surface area (Å²) in [5.41, 5.74) is 4.69. The van der Waals surface area contributed by atoms with Crippen molar-refractivity contribution in [1.82, 2.24) is 4.90 Å². The van der Waals surface area contributed by atoms with E-state index in [1.807, 2.05) is 12.1 Å². The summed E-state index contributed by atoms with van der Waals surface area (Å²) in [6, 6.07) is 14.7. The topological polar surface area (TPSA) is 46.6 Å². The van der Waals surface area contributed by atoms with Gasteiger partial charge in [-0.15, -0.1) is 0 Å². The molecule has 1 aliphatic carbocycles. The Morgan fingerprint density at radius 3 is 2.25 bits per heavy atom. The predicted molar refractivity (Wildman–Crippen MR) is 148 cm³/mol. The minimum Gasteiger partial charge on any atom is -0.487 e. The van der Waals surface area contributed by atoms with Gasteiger partial charge in [-0.25, -0.2) is 8.42 Å². The summed E-state index contributed by atoms with van der Waals surface area (Å²) in [5.74, 6) is 1.89. The van der Waals surface area contributed by atoms with E-state index in [4.69, 9.17) is 4.74 Å². The Balaban J connectivity index is 1.22. The maximum Gasteiger partial charge on any atom is 0.154 e. The molecule has 36 heavy (non-hydrogen) atoms. The van der Waals surface area contributed by atoms with E-state index in [1.54, 1.807) is 0 Å². The monoisotopic (exact) mass is 509 g/mol. The third-order valence-electron chi connectivity index (χ3n) is 8.75. The molecular formula is C31H43NO3S. The van der Waals surface area contributed by atoms with Crippen LogP contribution in [0.25, 0.3) is 11.1 Å². The van der Waals surface area contributed by atoms with Crippen molar-refractivity contribution >= 4 is 9.84 Å². The molecule has 0 aromatic heterocycles. The molecular weight excluding hydrogens is 466 g/mol. The zero-order chi connectivity index (χ0) is 25.4. The van der Waals surface area contributed by atoms with Crippen molar-refractivity contribution in [3.63, 3.8) is 0 Å². The lowest BCUT2D eigenvalue weighted by Gasteiger charge is -2.48. The minimum absolute atomic E-state index is 0.0129. The Kier molecular flexibility index (Phi) is 7.26. The molecule has 0 atom stereocenters. The Labute approximate surface area is 218 Å². The second kappa shape index (κ2) is 10.1. The second-order valence-electron chi connectivity index (χ2n) is 12.5. The summed E-state index contributed by atoms with van der Waals surface area (Å²) in [6.45, 7) is 9.09. The van der Waals surface area contributed by atoms with E-state index in [-0.39, 0.29) is 16.9 Å². The van der Waals surface area contributed by atoms with Crippen LogP contribution in [0.1, 0.15) is 83.3 Å². The summed E-state index contributed by atoms with van der Waals surface area (Å²) in [7, 11) is -3.07. The number of sulfone groups is 1. The first-order chi connectivity index (χ1) is 17.1. The van der Waals surface area contributed by atoms with Gasteiger partial charge in [0.25, 0.3) is 0 Å². The van der Waals surface area contributed by atoms with Gasteiger partial charge in [-0.2, -0.15) is 0 Å². The highest BCUT2D eigenvalue weighted by atomic mass is 32.2. The van der Waals surface area contributed by atoms with E-state index >= 15 is 0 Å². The molecule has 1 spiro atoms. The van der Waals surface area contributed by atoms with E-state index in [1.165, 1.54) is 30.4 Å². The quantitative estimate of drug-likeness (QED) is 0.444. The molecule has 1 saturated carbocycles. The number of hydrogen-bond acceptors (Lipinski definition) is 4. The molecule has 2 fully saturated rings. The highest BCUT2D eigenvalue weighted by Gasteiger charge is 2.41. The molecule has 5 heteroatoms. The van der Waals surface area contributed by atoms with Gasteiger partial charge in [0.2, 0.25) is 0 Å². The molecule has 0 N–H and O–H groups in total. The lowest BCUT2D eigenvalue weighted by molar-refractivity contribution is -0.0355. The number of benzene rings is 2. The predicted octanol–water partition coefficient (Wildman–Crippen LogP) is 6.81. The number of aryl methyl sites for hydroxylation is 1. The van der Waals surface area contributed by atoms with Crippen LogP contribution in [-0.4, -0.2) is 43.3 Å². The minimum atomic E-state index is -3.07. The normalized spacial score (nSPS) is 21.2. The van der Waals surface area contributed by atoms with Gasteiger partial charge in [0.1, 0.15) is 11.4 Å². The van der Waals surface area contributed by atoms with E-state index in [2.05, 4.69) is 56.0 Å². The van der Waals surface area contributed by atoms with Gasteiger partial charge in [0.05, 0.1) is 11.5 Å². The molecule has 196 valence electrons. The number of rotatable bonds is 5. The van der Waals surface area contributed by atoms with Gasteiger partial charge in [-0.3, -0.25) is 4.90 Å². The maximum atomic E-state index is 12.8. The Hall–Kier alpha value is -1.85. The van der Waals surface area contributed by atoms with Crippen LogP contribution < -0.4 is 4.74 Å². The SMILES string of the molecule is CC(C)(C)N1CCC2(CCc3cc(-c4ccc(CS(=O)(=O)CC5CCCCC5)cc4)ccc3O2)CC1. The number of hydrogen-bond donors (Lipinski definition) is 0. The number of piperidine rings is 1. The van der Waals surface area contributed by atoms with Crippen LogP contribution in [0.4, 0.5) is 0 Å². The largest absolute Gasteiger partial charge is 0.487 e. The number of ether oxygens (including phenoxy) is 1. The molecule has 2 aromatic rings. The summed E-state index contributed by atoms with van der Waals surface area (Å²) < 4.78 is 32.2. The van der Waals surface area contributed by atoms with E-state index < -0.39 is 9.84 Å². The summed E-state index contributed by atoms with van der Waals surface area (Å²) in [5, 5.41) is 0. The Morgan fingerprint density at radius 1 is 0.917 bits per heavy atom. The maximum absolute atomic E-state index is 12.8. The summed E-state index contributed by atoms with van der Waals surface area (Å²) >= 11 is 0. The highest BCUT2D eigenvalue weighted by molar-refractivity contribution is 7.90. The molecule has 3 aliphatic rings. The van der Waals surface area contributed by atoms with E-state index in [9.17, 15) is 8.42 Å². The fraction of sp³-hybridized carbons (Fsp3) is 0.613. The third kappa shape index (κ3) is 5.99. The Morgan fingerprint density at radius 2 is 1.58 bits per heavy atom. The van der Waals surface area contributed by atoms with Crippen molar-refractivity contribution in [2.75, 3.05) is 18.8 Å². The van der Waals surface area contributed by atoms with E-state index in [0.29, 0.717) is 11.7 Å². The van der Waals surface area contributed by atoms with Gasteiger partial charge < -0.3 is 4.74 Å². The molecule has 2 aromatic carbocycles. The average Bonchev–Trinajstić information content (AvgIpc) is 2.84. The first-order valence-corrected chi connectivity index (χ1v) is 15.8. The third-order valence-corrected chi connectivity index (χ3v) is 10.5. The van der Waals surface area contributed by atoms with Crippen molar-refractivity contribution in [1.29, 1.82) is 0 Å². The standard InChI is InChI=1S/C31H43NO3S/c1-30(2,3)32-19-17-31(18-20-32)16-15-28-21-27(13-14-29(28)35-31)26-11-9-25(10-12-26)23-36(33,34)22-24-7-5-4-6-8-24/h9-14,21,24H,4-8,15-20,22-23H2,1-3H3. The molecule has 5 rings (SSSR count). The molecule has 2 heterocycles. The molecule has 2 aliphatic heterocycles. The van der Waals surface area contributed by atoms with Crippen LogP contribution in [0, 0.1) is 5.92 Å². The lowest BCUT2D eigenvalue weighted by Crippen LogP contribution is -2.54. The number of nitrogens with zero attached hydrogens (tertiary/aromatic N) is 1. The first kappa shape index (κ1) is 25.8. The lowest BCUT2D eigenvalue weighted by atomic mass is 9.81. The summed E-state index contributed by atoms with van der Waals surface area (Å²) in [6.07, 6.45) is 10.1. The van der Waals surface area contributed by atoms with Crippen molar-refractivity contribution < 1.29 is 13.2 Å². The van der Waals surface area contributed by atoms with Crippen molar-refractivity contribution in [2.24, 2.45) is 5.92 Å². The zero-order valence-electron chi connectivity index (χ0n) is 22.4. The van der Waals surface area contributed by atoms with Gasteiger partial charge in [-0.1, -0.05) is 49.6 Å². The first-order valence-electron chi connectivity index (χ1n) is 14.0. The van der Waals surface area contributed by atoms with E-state index in [0.717, 1.165) is 68.5 Å². The van der Waals surface area contributed by atoms with Gasteiger partial charge >= 0.3 is 0 Å². The van der Waals surface area contributed by atoms with Gasteiger partial charge in [0, 0.05) is 18.6 Å². The molecule has 0 unspecified atom stereocenters. The fourth-order valence-electron chi connectivity index (χ4n) is 6.46. The average molecular weight is 510 g/mol. The van der Waals surface area contributed by atoms with Crippen molar-refractivity contribution in [2.45, 2.75) is 95.5 Å². The van der Waals surface area contributed by atoms with Crippen LogP contribution in [-0.2, 0) is 22.0 Å². The van der Waals surface area contributed by atoms with Crippen molar-refractivity contribution in [3.8, 4) is 16.9 Å². The van der Waals surface area contributed by atoms with Crippen molar-refractivity contribution in [3.05, 3.63) is 53.6 Å². The highest BCUT2D eigenvalue weighted by Crippen LogP contribution is 2.41. The molecule has 1 saturated heterocycles. The van der Waals surface area contributed by atoms with Gasteiger partial charge in [-0.05, 0) is 99.6 Å². The number of fused-ring (bicyclic) bond motifs is 1. The summed E-state index contributed by atoms with van der Waals surface area (Å²) in [4.78, 5) is 2.57. The van der Waals surface area contributed by atoms with Crippen LogP contribution in [0.5, 0.6) is 5.75 Å². The fourth-order valence-corrected chi connectivity index (χ4v) is 8.33. The molecule has 0 bridgehead atoms. The van der Waals surface area contributed by atoms with Crippen LogP contribution in [0.2, 0.25) is 0 Å². The molecule has 0 radical (unpaired) electrons. The molecule has 0 amide bonds. The van der Waals surface area contributed by atoms with Crippen LogP contribution in [0.3, 0.4) is 0 Å². The van der Waals surface area contributed by atoms with Gasteiger partial charge in [0.15, 0.2) is 9.84 Å². The Bertz CT molecular complexity index is 1150. The smallest absolute Gasteiger partial charge is 0.154 e. The molecule has 4 nitrogen and oxygen atoms in total.